The van der Waals surface area contributed by atoms with Crippen LogP contribution in [-0.4, -0.2) is 65.4 Å². The fraction of sp³-hybridized carbons (Fsp3) is 0.412. The molecule has 1 saturated heterocycles. The molecule has 0 spiro atoms. The normalized spacial score (nSPS) is 19.0. The van der Waals surface area contributed by atoms with Crippen LogP contribution in [0.25, 0.3) is 0 Å². The van der Waals surface area contributed by atoms with Crippen LogP contribution in [0.15, 0.2) is 29.2 Å². The topological polar surface area (TPSA) is 138 Å². The average molecular weight is 402 g/mol. The highest BCUT2D eigenvalue weighted by atomic mass is 19.1. The summed E-state index contributed by atoms with van der Waals surface area (Å²) in [6.07, 6.45) is 3.74. The minimum Gasteiger partial charge on any atom is -0.364 e. The van der Waals surface area contributed by atoms with Gasteiger partial charge < -0.3 is 15.2 Å². The number of alkyl halides is 1. The number of hydrogen-bond donors (Lipinski definition) is 1. The lowest BCUT2D eigenvalue weighted by Gasteiger charge is -2.23. The third-order valence-electron chi connectivity index (χ3n) is 4.88. The zero-order valence-electron chi connectivity index (χ0n) is 15.6. The number of nitrogens with two attached hydrogens (primary N) is 1. The Balaban J connectivity index is 1.56. The van der Waals surface area contributed by atoms with Crippen molar-refractivity contribution in [3.8, 4) is 0 Å². The summed E-state index contributed by atoms with van der Waals surface area (Å²) >= 11 is 0. The molecular formula is C17H19FN8O3. The first-order valence-corrected chi connectivity index (χ1v) is 9.00. The molecule has 1 aliphatic rings. The second kappa shape index (κ2) is 7.45. The molecule has 11 nitrogen and oxygen atoms in total. The minimum atomic E-state index is -1.18. The number of aryl methyl sites for hydroxylation is 1. The lowest BCUT2D eigenvalue weighted by Crippen LogP contribution is -2.39. The van der Waals surface area contributed by atoms with Gasteiger partial charge in [-0.15, -0.1) is 5.10 Å². The van der Waals surface area contributed by atoms with Gasteiger partial charge in [-0.1, -0.05) is 10.4 Å². The maximum absolute atomic E-state index is 14.2. The van der Waals surface area contributed by atoms with Gasteiger partial charge in [0.25, 0.3) is 11.8 Å². The first-order valence-electron chi connectivity index (χ1n) is 9.00. The van der Waals surface area contributed by atoms with Gasteiger partial charge in [0.05, 0.1) is 31.9 Å². The third kappa shape index (κ3) is 3.73. The van der Waals surface area contributed by atoms with E-state index in [1.54, 1.807) is 30.1 Å². The second-order valence-corrected chi connectivity index (χ2v) is 6.90. The van der Waals surface area contributed by atoms with Gasteiger partial charge in [-0.05, 0) is 13.0 Å². The van der Waals surface area contributed by atoms with Crippen molar-refractivity contribution in [2.24, 2.45) is 5.73 Å². The second-order valence-electron chi connectivity index (χ2n) is 6.90. The zero-order valence-corrected chi connectivity index (χ0v) is 15.6. The highest BCUT2D eigenvalue weighted by Crippen LogP contribution is 2.26. The first kappa shape index (κ1) is 18.8. The van der Waals surface area contributed by atoms with Gasteiger partial charge >= 0.3 is 0 Å². The summed E-state index contributed by atoms with van der Waals surface area (Å²) in [5.41, 5.74) is 5.91. The van der Waals surface area contributed by atoms with E-state index in [0.717, 1.165) is 0 Å². The molecule has 3 aromatic heterocycles. The highest BCUT2D eigenvalue weighted by Gasteiger charge is 2.38. The van der Waals surface area contributed by atoms with Crippen LogP contribution in [0, 0.1) is 6.92 Å². The Hall–Kier alpha value is -3.57. The Morgan fingerprint density at radius 3 is 2.90 bits per heavy atom. The van der Waals surface area contributed by atoms with Gasteiger partial charge in [0.15, 0.2) is 11.4 Å². The van der Waals surface area contributed by atoms with Crippen LogP contribution < -0.4 is 5.73 Å². The molecule has 1 aliphatic heterocycles. The number of primary amides is 1. The summed E-state index contributed by atoms with van der Waals surface area (Å²) in [7, 11) is 0. The van der Waals surface area contributed by atoms with Crippen molar-refractivity contribution in [1.82, 2.24) is 34.8 Å². The quantitative estimate of drug-likeness (QED) is 0.620. The maximum atomic E-state index is 14.2. The van der Waals surface area contributed by atoms with Crippen LogP contribution in [0.4, 0.5) is 4.39 Å². The zero-order chi connectivity index (χ0) is 20.5. The van der Waals surface area contributed by atoms with E-state index in [4.69, 9.17) is 10.3 Å². The molecule has 0 unspecified atom stereocenters. The molecule has 0 radical (unpaired) electrons. The molecule has 0 bridgehead atoms. The van der Waals surface area contributed by atoms with Gasteiger partial charge in [0.1, 0.15) is 11.9 Å². The van der Waals surface area contributed by atoms with E-state index in [2.05, 4.69) is 20.6 Å². The van der Waals surface area contributed by atoms with Crippen molar-refractivity contribution in [2.75, 3.05) is 6.54 Å². The van der Waals surface area contributed by atoms with E-state index in [9.17, 15) is 14.0 Å². The fourth-order valence-electron chi connectivity index (χ4n) is 3.44. The summed E-state index contributed by atoms with van der Waals surface area (Å²) in [5, 5.41) is 15.5. The Kier molecular flexibility index (Phi) is 4.82. The fourth-order valence-corrected chi connectivity index (χ4v) is 3.44. The molecular weight excluding hydrogens is 383 g/mol. The van der Waals surface area contributed by atoms with E-state index in [-0.39, 0.29) is 30.9 Å². The Bertz CT molecular complexity index is 1030. The molecule has 1 fully saturated rings. The molecule has 0 aromatic carbocycles. The van der Waals surface area contributed by atoms with Crippen molar-refractivity contribution in [3.05, 3.63) is 47.4 Å². The van der Waals surface area contributed by atoms with E-state index in [1.807, 2.05) is 0 Å². The first-order chi connectivity index (χ1) is 13.9. The molecule has 4 rings (SSSR count). The number of hydrogen-bond acceptors (Lipinski definition) is 7. The molecule has 2 N–H and O–H groups in total. The predicted molar refractivity (Wildman–Crippen MR) is 95.4 cm³/mol. The molecule has 2 amide bonds. The number of carbonyl (C=O) groups excluding carboxylic acids is 2. The molecule has 0 saturated carbocycles. The Morgan fingerprint density at radius 1 is 1.38 bits per heavy atom. The summed E-state index contributed by atoms with van der Waals surface area (Å²) in [5.74, 6) is -0.636. The molecule has 0 aliphatic carbocycles. The van der Waals surface area contributed by atoms with Crippen molar-refractivity contribution in [1.29, 1.82) is 0 Å². The van der Waals surface area contributed by atoms with Crippen LogP contribution in [0.1, 0.15) is 38.7 Å². The third-order valence-corrected chi connectivity index (χ3v) is 4.88. The van der Waals surface area contributed by atoms with Gasteiger partial charge in [-0.2, -0.15) is 5.10 Å². The number of rotatable bonds is 6. The lowest BCUT2D eigenvalue weighted by atomic mass is 10.1. The van der Waals surface area contributed by atoms with Gasteiger partial charge in [0, 0.05) is 24.4 Å². The summed E-state index contributed by atoms with van der Waals surface area (Å²) in [4.78, 5) is 25.8. The maximum Gasteiger partial charge on any atom is 0.276 e. The van der Waals surface area contributed by atoms with Crippen LogP contribution in [-0.2, 0) is 13.1 Å². The summed E-state index contributed by atoms with van der Waals surface area (Å²) < 4.78 is 22.4. The van der Waals surface area contributed by atoms with E-state index in [1.165, 1.54) is 15.8 Å². The Morgan fingerprint density at radius 2 is 2.21 bits per heavy atom. The molecule has 2 atom stereocenters. The molecule has 12 heteroatoms. The largest absolute Gasteiger partial charge is 0.364 e. The van der Waals surface area contributed by atoms with Gasteiger partial charge in [0.2, 0.25) is 0 Å². The molecule has 4 heterocycles. The minimum absolute atomic E-state index is 0.00584. The number of amides is 2. The van der Waals surface area contributed by atoms with Gasteiger partial charge in [-0.3, -0.25) is 14.3 Å². The number of carbonyl (C=O) groups is 2. The number of nitrogens with zero attached hydrogens (tertiary/aromatic N) is 7. The summed E-state index contributed by atoms with van der Waals surface area (Å²) in [6.45, 7) is 2.14. The SMILES string of the molecule is Cc1onc(C(=O)N2C[C@@H](F)C[C@H]2Cn2cc(C(N)=O)nn2)c1Cn1cccn1. The highest BCUT2D eigenvalue weighted by molar-refractivity contribution is 5.94. The predicted octanol–water partition coefficient (Wildman–Crippen LogP) is 0.171. The van der Waals surface area contributed by atoms with E-state index >= 15 is 0 Å². The molecule has 3 aromatic rings. The van der Waals surface area contributed by atoms with Crippen molar-refractivity contribution in [3.63, 3.8) is 0 Å². The monoisotopic (exact) mass is 402 g/mol. The van der Waals surface area contributed by atoms with Crippen LogP contribution in [0.3, 0.4) is 0 Å². The van der Waals surface area contributed by atoms with E-state index in [0.29, 0.717) is 17.9 Å². The standard InChI is InChI=1S/C17H19FN8O3/c1-10-13(8-24-4-2-3-20-24)15(22-29-10)17(28)26-6-11(18)5-12(26)7-25-9-14(16(19)27)21-23-25/h2-4,9,11-12H,5-8H2,1H3,(H2,19,27)/t11-,12-/m0/s1. The van der Waals surface area contributed by atoms with Crippen molar-refractivity contribution >= 4 is 11.8 Å². The van der Waals surface area contributed by atoms with Crippen molar-refractivity contribution < 1.29 is 18.5 Å². The van der Waals surface area contributed by atoms with Crippen LogP contribution in [0.5, 0.6) is 0 Å². The number of likely N-dealkylation sites (tertiary alicyclic amines) is 1. The smallest absolute Gasteiger partial charge is 0.276 e. The van der Waals surface area contributed by atoms with Crippen LogP contribution in [0.2, 0.25) is 0 Å². The Labute approximate surface area is 164 Å². The van der Waals surface area contributed by atoms with Gasteiger partial charge in [-0.25, -0.2) is 9.07 Å². The number of aromatic nitrogens is 6. The van der Waals surface area contributed by atoms with Crippen molar-refractivity contribution in [2.45, 2.75) is 38.6 Å². The van der Waals surface area contributed by atoms with E-state index < -0.39 is 24.0 Å². The summed E-state index contributed by atoms with van der Waals surface area (Å²) in [6, 6.07) is 1.29. The van der Waals surface area contributed by atoms with Crippen LogP contribution >= 0.6 is 0 Å². The molecule has 152 valence electrons. The lowest BCUT2D eigenvalue weighted by molar-refractivity contribution is 0.0702. The average Bonchev–Trinajstić information content (AvgIpc) is 3.45. The molecule has 29 heavy (non-hydrogen) atoms. The number of halogens is 1.